The van der Waals surface area contributed by atoms with Gasteiger partial charge in [0.1, 0.15) is 0 Å². The highest BCUT2D eigenvalue weighted by Gasteiger charge is 2.29. The SMILES string of the molecule is CC(C)(C)C1CCC(NC(=S)NC(=O)CCc2ccccc2Cl)CC1. The lowest BCUT2D eigenvalue weighted by Crippen LogP contribution is -2.46. The quantitative estimate of drug-likeness (QED) is 0.732. The number of halogens is 1. The molecule has 1 aliphatic rings. The van der Waals surface area contributed by atoms with E-state index >= 15 is 0 Å². The Bertz CT molecular complexity index is 604. The molecule has 1 amide bonds. The summed E-state index contributed by atoms with van der Waals surface area (Å²) in [5.41, 5.74) is 1.36. The van der Waals surface area contributed by atoms with Crippen LogP contribution in [0.4, 0.5) is 0 Å². The van der Waals surface area contributed by atoms with Gasteiger partial charge in [-0.3, -0.25) is 4.79 Å². The molecule has 138 valence electrons. The molecule has 2 N–H and O–H groups in total. The zero-order valence-corrected chi connectivity index (χ0v) is 17.0. The minimum Gasteiger partial charge on any atom is -0.360 e. The molecule has 3 nitrogen and oxygen atoms in total. The van der Waals surface area contributed by atoms with Crippen LogP contribution >= 0.6 is 23.8 Å². The number of hydrogen-bond donors (Lipinski definition) is 2. The van der Waals surface area contributed by atoms with Crippen molar-refractivity contribution >= 4 is 34.8 Å². The van der Waals surface area contributed by atoms with Crippen molar-refractivity contribution in [3.8, 4) is 0 Å². The van der Waals surface area contributed by atoms with Gasteiger partial charge < -0.3 is 10.6 Å². The van der Waals surface area contributed by atoms with Gasteiger partial charge in [0.2, 0.25) is 5.91 Å². The lowest BCUT2D eigenvalue weighted by Gasteiger charge is -2.37. The number of carbonyl (C=O) groups excluding carboxylic acids is 1. The van der Waals surface area contributed by atoms with Crippen LogP contribution in [0.3, 0.4) is 0 Å². The first kappa shape index (κ1) is 20.2. The van der Waals surface area contributed by atoms with Crippen molar-refractivity contribution in [3.05, 3.63) is 34.9 Å². The van der Waals surface area contributed by atoms with Crippen molar-refractivity contribution in [1.29, 1.82) is 0 Å². The minimum absolute atomic E-state index is 0.0687. The summed E-state index contributed by atoms with van der Waals surface area (Å²) in [5.74, 6) is 0.699. The lowest BCUT2D eigenvalue weighted by atomic mass is 9.71. The summed E-state index contributed by atoms with van der Waals surface area (Å²) in [5, 5.41) is 7.25. The van der Waals surface area contributed by atoms with Crippen LogP contribution in [0.25, 0.3) is 0 Å². The van der Waals surface area contributed by atoms with Crippen LogP contribution in [0.1, 0.15) is 58.4 Å². The summed E-state index contributed by atoms with van der Waals surface area (Å²) in [6.45, 7) is 6.94. The van der Waals surface area contributed by atoms with Gasteiger partial charge in [-0.15, -0.1) is 0 Å². The molecule has 0 saturated heterocycles. The van der Waals surface area contributed by atoms with Gasteiger partial charge in [0.15, 0.2) is 5.11 Å². The van der Waals surface area contributed by atoms with Gasteiger partial charge in [0, 0.05) is 17.5 Å². The average molecular weight is 381 g/mol. The maximum Gasteiger partial charge on any atom is 0.226 e. The Kier molecular flexibility index (Phi) is 7.26. The number of aryl methyl sites for hydroxylation is 1. The number of amides is 1. The molecule has 0 aliphatic heterocycles. The fourth-order valence-corrected chi connectivity index (χ4v) is 3.97. The monoisotopic (exact) mass is 380 g/mol. The summed E-state index contributed by atoms with van der Waals surface area (Å²) < 4.78 is 0. The Morgan fingerprint density at radius 2 is 1.84 bits per heavy atom. The van der Waals surface area contributed by atoms with Gasteiger partial charge in [0.25, 0.3) is 0 Å². The van der Waals surface area contributed by atoms with Gasteiger partial charge in [0.05, 0.1) is 0 Å². The molecule has 2 rings (SSSR count). The molecule has 0 aromatic heterocycles. The molecule has 0 radical (unpaired) electrons. The van der Waals surface area contributed by atoms with E-state index in [2.05, 4.69) is 31.4 Å². The Hall–Kier alpha value is -1.13. The highest BCUT2D eigenvalue weighted by molar-refractivity contribution is 7.80. The van der Waals surface area contributed by atoms with E-state index in [1.54, 1.807) is 0 Å². The van der Waals surface area contributed by atoms with Gasteiger partial charge in [-0.25, -0.2) is 0 Å². The first-order valence-electron chi connectivity index (χ1n) is 9.09. The number of hydrogen-bond acceptors (Lipinski definition) is 2. The fourth-order valence-electron chi connectivity index (χ4n) is 3.46. The summed E-state index contributed by atoms with van der Waals surface area (Å²) in [6, 6.07) is 7.97. The topological polar surface area (TPSA) is 41.1 Å². The number of nitrogens with one attached hydrogen (secondary N) is 2. The van der Waals surface area contributed by atoms with Gasteiger partial charge >= 0.3 is 0 Å². The summed E-state index contributed by atoms with van der Waals surface area (Å²) in [7, 11) is 0. The third-order valence-corrected chi connectivity index (χ3v) is 5.71. The first-order valence-corrected chi connectivity index (χ1v) is 9.88. The molecule has 0 atom stereocenters. The van der Waals surface area contributed by atoms with E-state index in [1.165, 1.54) is 12.8 Å². The Morgan fingerprint density at radius 3 is 2.44 bits per heavy atom. The molecule has 25 heavy (non-hydrogen) atoms. The fraction of sp³-hybridized carbons (Fsp3) is 0.600. The van der Waals surface area contributed by atoms with Gasteiger partial charge in [-0.05, 0) is 67.3 Å². The summed E-state index contributed by atoms with van der Waals surface area (Å²) in [4.78, 5) is 12.1. The van der Waals surface area contributed by atoms with Crippen LogP contribution in [0, 0.1) is 11.3 Å². The molecule has 0 spiro atoms. The third-order valence-electron chi connectivity index (χ3n) is 5.12. The van der Waals surface area contributed by atoms with Crippen LogP contribution in [0.15, 0.2) is 24.3 Å². The van der Waals surface area contributed by atoms with E-state index in [0.717, 1.165) is 24.3 Å². The molecular weight excluding hydrogens is 352 g/mol. The molecule has 0 bridgehead atoms. The number of benzene rings is 1. The molecule has 5 heteroatoms. The van der Waals surface area contributed by atoms with E-state index in [4.69, 9.17) is 23.8 Å². The van der Waals surface area contributed by atoms with Crippen LogP contribution in [0.2, 0.25) is 5.02 Å². The molecule has 1 aromatic carbocycles. The van der Waals surface area contributed by atoms with Crippen LogP contribution in [-0.2, 0) is 11.2 Å². The van der Waals surface area contributed by atoms with E-state index < -0.39 is 0 Å². The van der Waals surface area contributed by atoms with Crippen LogP contribution < -0.4 is 10.6 Å². The van der Waals surface area contributed by atoms with Gasteiger partial charge in [-0.2, -0.15) is 0 Å². The van der Waals surface area contributed by atoms with Crippen molar-refractivity contribution in [1.82, 2.24) is 10.6 Å². The highest BCUT2D eigenvalue weighted by atomic mass is 35.5. The number of carbonyl (C=O) groups is 1. The number of rotatable bonds is 4. The predicted octanol–water partition coefficient (Wildman–Crippen LogP) is 4.87. The lowest BCUT2D eigenvalue weighted by molar-refractivity contribution is -0.119. The second-order valence-corrected chi connectivity index (χ2v) is 8.84. The van der Waals surface area contributed by atoms with Crippen LogP contribution in [0.5, 0.6) is 0 Å². The largest absolute Gasteiger partial charge is 0.360 e. The van der Waals surface area contributed by atoms with Crippen molar-refractivity contribution in [2.75, 3.05) is 0 Å². The Balaban J connectivity index is 1.70. The first-order chi connectivity index (χ1) is 11.8. The molecular formula is C20H29ClN2OS. The smallest absolute Gasteiger partial charge is 0.226 e. The normalized spacial score (nSPS) is 20.8. The van der Waals surface area contributed by atoms with Crippen molar-refractivity contribution in [3.63, 3.8) is 0 Å². The molecule has 0 unspecified atom stereocenters. The Morgan fingerprint density at radius 1 is 1.20 bits per heavy atom. The standard InChI is InChI=1S/C20H29ClN2OS/c1-20(2,3)15-9-11-16(12-10-15)22-19(25)23-18(24)13-8-14-6-4-5-7-17(14)21/h4-7,15-16H,8-13H2,1-3H3,(H2,22,23,24,25). The Labute approximate surface area is 161 Å². The average Bonchev–Trinajstić information content (AvgIpc) is 2.53. The molecule has 1 aliphatic carbocycles. The van der Waals surface area contributed by atoms with Crippen molar-refractivity contribution < 1.29 is 4.79 Å². The third kappa shape index (κ3) is 6.59. The molecule has 1 aromatic rings. The zero-order valence-electron chi connectivity index (χ0n) is 15.4. The zero-order chi connectivity index (χ0) is 18.4. The number of thiocarbonyl (C=S) groups is 1. The predicted molar refractivity (Wildman–Crippen MR) is 109 cm³/mol. The van der Waals surface area contributed by atoms with Crippen molar-refractivity contribution in [2.45, 2.75) is 65.3 Å². The van der Waals surface area contributed by atoms with Crippen molar-refractivity contribution in [2.24, 2.45) is 11.3 Å². The van der Waals surface area contributed by atoms with E-state index in [9.17, 15) is 4.79 Å². The second-order valence-electron chi connectivity index (χ2n) is 8.03. The van der Waals surface area contributed by atoms with E-state index in [-0.39, 0.29) is 5.91 Å². The minimum atomic E-state index is -0.0687. The maximum atomic E-state index is 12.1. The molecule has 1 fully saturated rings. The van der Waals surface area contributed by atoms with E-state index in [0.29, 0.717) is 34.4 Å². The van der Waals surface area contributed by atoms with Crippen LogP contribution in [-0.4, -0.2) is 17.1 Å². The molecule has 0 heterocycles. The molecule has 1 saturated carbocycles. The maximum absolute atomic E-state index is 12.1. The summed E-state index contributed by atoms with van der Waals surface area (Å²) >= 11 is 11.4. The highest BCUT2D eigenvalue weighted by Crippen LogP contribution is 2.37. The second kappa shape index (κ2) is 9.00. The van der Waals surface area contributed by atoms with Gasteiger partial charge in [-0.1, -0.05) is 50.6 Å². The summed E-state index contributed by atoms with van der Waals surface area (Å²) in [6.07, 6.45) is 5.64. The van der Waals surface area contributed by atoms with E-state index in [1.807, 2.05) is 24.3 Å².